The van der Waals surface area contributed by atoms with Crippen molar-refractivity contribution in [3.8, 4) is 0 Å². The largest absolute Gasteiger partial charge is 0.463 e. The zero-order valence-electron chi connectivity index (χ0n) is 16.6. The molecule has 0 spiro atoms. The highest BCUT2D eigenvalue weighted by molar-refractivity contribution is 7.09. The second-order valence-corrected chi connectivity index (χ2v) is 7.65. The summed E-state index contributed by atoms with van der Waals surface area (Å²) in [6, 6.07) is 7.29. The number of benzene rings is 1. The lowest BCUT2D eigenvalue weighted by Gasteiger charge is -2.32. The molecular formula is C21H23N3O3S. The lowest BCUT2D eigenvalue weighted by Crippen LogP contribution is -2.40. The van der Waals surface area contributed by atoms with E-state index in [-0.39, 0.29) is 12.5 Å². The molecule has 1 aromatic carbocycles. The molecule has 0 bridgehead atoms. The fraction of sp³-hybridized carbons (Fsp3) is 0.333. The van der Waals surface area contributed by atoms with E-state index < -0.39 is 12.0 Å². The van der Waals surface area contributed by atoms with Gasteiger partial charge in [0.2, 0.25) is 5.91 Å². The van der Waals surface area contributed by atoms with Crippen molar-refractivity contribution in [2.24, 2.45) is 4.99 Å². The van der Waals surface area contributed by atoms with Gasteiger partial charge in [0.15, 0.2) is 5.84 Å². The molecule has 1 aliphatic heterocycles. The van der Waals surface area contributed by atoms with Gasteiger partial charge in [-0.05, 0) is 33.3 Å². The van der Waals surface area contributed by atoms with Crippen LogP contribution in [0.1, 0.15) is 48.6 Å². The molecule has 7 heteroatoms. The van der Waals surface area contributed by atoms with E-state index in [1.807, 2.05) is 43.5 Å². The van der Waals surface area contributed by atoms with Crippen molar-refractivity contribution in [2.75, 3.05) is 6.61 Å². The Kier molecular flexibility index (Phi) is 5.74. The molecular weight excluding hydrogens is 374 g/mol. The Morgan fingerprint density at radius 2 is 1.86 bits per heavy atom. The number of aryl methyl sites for hydroxylation is 2. The average molecular weight is 398 g/mol. The molecule has 2 heterocycles. The third-order valence-electron chi connectivity index (χ3n) is 4.51. The zero-order chi connectivity index (χ0) is 20.4. The number of ether oxygens (including phenoxy) is 1. The molecule has 146 valence electrons. The first-order valence-electron chi connectivity index (χ1n) is 9.09. The number of carbonyl (C=O) groups is 2. The standard InChI is InChI=1S/C21H23N3O3S/c1-6-27-21(26)18-13(3)24(15(5)25)20(17-11-28-14(4)22-17)23-19(18)16-9-7-12(2)8-10-16/h7-11,19H,6H2,1-5H3. The van der Waals surface area contributed by atoms with Crippen molar-refractivity contribution >= 4 is 29.0 Å². The van der Waals surface area contributed by atoms with Gasteiger partial charge in [-0.1, -0.05) is 29.8 Å². The number of hydrogen-bond donors (Lipinski definition) is 0. The Balaban J connectivity index is 2.21. The third-order valence-corrected chi connectivity index (χ3v) is 5.29. The predicted octanol–water partition coefficient (Wildman–Crippen LogP) is 3.95. The second kappa shape index (κ2) is 8.06. The molecule has 1 unspecified atom stereocenters. The van der Waals surface area contributed by atoms with E-state index in [2.05, 4.69) is 4.98 Å². The maximum absolute atomic E-state index is 12.8. The van der Waals surface area contributed by atoms with Crippen LogP contribution in [0.3, 0.4) is 0 Å². The smallest absolute Gasteiger partial charge is 0.338 e. The van der Waals surface area contributed by atoms with Crippen LogP contribution in [0.25, 0.3) is 0 Å². The highest BCUT2D eigenvalue weighted by Gasteiger charge is 2.36. The maximum atomic E-state index is 12.8. The summed E-state index contributed by atoms with van der Waals surface area (Å²) in [5, 5.41) is 2.75. The third kappa shape index (κ3) is 3.75. The van der Waals surface area contributed by atoms with E-state index in [9.17, 15) is 9.59 Å². The number of nitrogens with zero attached hydrogens (tertiary/aromatic N) is 3. The average Bonchev–Trinajstić information content (AvgIpc) is 3.07. The summed E-state index contributed by atoms with van der Waals surface area (Å²) in [6.45, 7) is 9.11. The molecule has 3 rings (SSSR count). The number of hydrogen-bond acceptors (Lipinski definition) is 6. The number of amides is 1. The van der Waals surface area contributed by atoms with Gasteiger partial charge in [0, 0.05) is 18.0 Å². The molecule has 2 aromatic rings. The van der Waals surface area contributed by atoms with Crippen molar-refractivity contribution in [1.29, 1.82) is 0 Å². The van der Waals surface area contributed by atoms with Crippen LogP contribution in [0.2, 0.25) is 0 Å². The number of thiazole rings is 1. The quantitative estimate of drug-likeness (QED) is 0.733. The monoisotopic (exact) mass is 397 g/mol. The van der Waals surface area contributed by atoms with Crippen molar-refractivity contribution in [2.45, 2.75) is 40.7 Å². The molecule has 1 atom stereocenters. The fourth-order valence-corrected chi connectivity index (χ4v) is 3.80. The summed E-state index contributed by atoms with van der Waals surface area (Å²) in [5.41, 5.74) is 3.49. The van der Waals surface area contributed by atoms with E-state index in [4.69, 9.17) is 9.73 Å². The van der Waals surface area contributed by atoms with Gasteiger partial charge < -0.3 is 4.74 Å². The summed E-state index contributed by atoms with van der Waals surface area (Å²) in [4.78, 5) is 36.0. The Bertz CT molecular complexity index is 973. The summed E-state index contributed by atoms with van der Waals surface area (Å²) >= 11 is 1.49. The van der Waals surface area contributed by atoms with Gasteiger partial charge in [0.1, 0.15) is 11.7 Å². The van der Waals surface area contributed by atoms with Crippen molar-refractivity contribution in [1.82, 2.24) is 9.88 Å². The molecule has 1 aliphatic rings. The van der Waals surface area contributed by atoms with Crippen molar-refractivity contribution in [3.63, 3.8) is 0 Å². The van der Waals surface area contributed by atoms with E-state index in [0.29, 0.717) is 22.8 Å². The van der Waals surface area contributed by atoms with Crippen molar-refractivity contribution in [3.05, 3.63) is 62.7 Å². The van der Waals surface area contributed by atoms with E-state index in [1.165, 1.54) is 23.2 Å². The van der Waals surface area contributed by atoms with Crippen LogP contribution in [0, 0.1) is 13.8 Å². The molecule has 6 nitrogen and oxygen atoms in total. The number of allylic oxidation sites excluding steroid dienone is 1. The lowest BCUT2D eigenvalue weighted by atomic mass is 9.94. The molecule has 0 N–H and O–H groups in total. The summed E-state index contributed by atoms with van der Waals surface area (Å²) < 4.78 is 5.28. The zero-order valence-corrected chi connectivity index (χ0v) is 17.5. The predicted molar refractivity (Wildman–Crippen MR) is 109 cm³/mol. The maximum Gasteiger partial charge on any atom is 0.338 e. The van der Waals surface area contributed by atoms with E-state index in [1.54, 1.807) is 13.8 Å². The van der Waals surface area contributed by atoms with Crippen LogP contribution in [0.5, 0.6) is 0 Å². The Morgan fingerprint density at radius 3 is 2.39 bits per heavy atom. The minimum Gasteiger partial charge on any atom is -0.463 e. The van der Waals surface area contributed by atoms with Gasteiger partial charge in [0.05, 0.1) is 17.2 Å². The Hall–Kier alpha value is -2.80. The number of aliphatic imine (C=N–C) groups is 1. The first-order valence-corrected chi connectivity index (χ1v) is 9.96. The molecule has 28 heavy (non-hydrogen) atoms. The minimum atomic E-state index is -0.563. The number of esters is 1. The normalized spacial score (nSPS) is 16.8. The topological polar surface area (TPSA) is 71.9 Å². The number of rotatable bonds is 4. The molecule has 1 aromatic heterocycles. The van der Waals surface area contributed by atoms with Crippen LogP contribution in [0.15, 0.2) is 45.9 Å². The van der Waals surface area contributed by atoms with E-state index >= 15 is 0 Å². The number of carbonyl (C=O) groups excluding carboxylic acids is 2. The lowest BCUT2D eigenvalue weighted by molar-refractivity contribution is -0.139. The van der Waals surface area contributed by atoms with Gasteiger partial charge >= 0.3 is 5.97 Å². The Labute approximate surface area is 168 Å². The van der Waals surface area contributed by atoms with Crippen LogP contribution < -0.4 is 0 Å². The Morgan fingerprint density at radius 1 is 1.18 bits per heavy atom. The van der Waals surface area contributed by atoms with Gasteiger partial charge in [-0.3, -0.25) is 14.7 Å². The van der Waals surface area contributed by atoms with Crippen LogP contribution in [0.4, 0.5) is 0 Å². The SMILES string of the molecule is CCOC(=O)C1=C(C)N(C(C)=O)C(c2csc(C)n2)=NC1c1ccc(C)cc1. The van der Waals surface area contributed by atoms with E-state index in [0.717, 1.165) is 16.1 Å². The first-order chi connectivity index (χ1) is 13.3. The molecule has 0 radical (unpaired) electrons. The summed E-state index contributed by atoms with van der Waals surface area (Å²) in [5.74, 6) is -0.242. The molecule has 0 saturated heterocycles. The molecule has 0 aliphatic carbocycles. The highest BCUT2D eigenvalue weighted by atomic mass is 32.1. The summed E-state index contributed by atoms with van der Waals surface area (Å²) in [6.07, 6.45) is 0. The fourth-order valence-electron chi connectivity index (χ4n) is 3.21. The first kappa shape index (κ1) is 19.9. The van der Waals surface area contributed by atoms with Crippen LogP contribution in [-0.2, 0) is 14.3 Å². The highest BCUT2D eigenvalue weighted by Crippen LogP contribution is 2.36. The van der Waals surface area contributed by atoms with Gasteiger partial charge in [-0.25, -0.2) is 9.78 Å². The van der Waals surface area contributed by atoms with Gasteiger partial charge in [0.25, 0.3) is 0 Å². The molecule has 0 saturated carbocycles. The van der Waals surface area contributed by atoms with Crippen LogP contribution >= 0.6 is 11.3 Å². The van der Waals surface area contributed by atoms with Gasteiger partial charge in [-0.15, -0.1) is 11.3 Å². The molecule has 1 amide bonds. The molecule has 0 fully saturated rings. The minimum absolute atomic E-state index is 0.231. The van der Waals surface area contributed by atoms with Crippen LogP contribution in [-0.4, -0.2) is 34.2 Å². The second-order valence-electron chi connectivity index (χ2n) is 6.59. The van der Waals surface area contributed by atoms with Crippen molar-refractivity contribution < 1.29 is 14.3 Å². The number of aromatic nitrogens is 1. The van der Waals surface area contributed by atoms with Gasteiger partial charge in [-0.2, -0.15) is 0 Å². The number of amidine groups is 1. The summed E-state index contributed by atoms with van der Waals surface area (Å²) in [7, 11) is 0.